The number of hydrogen-bond donors (Lipinski definition) is 2. The van der Waals surface area contributed by atoms with E-state index in [1.165, 1.54) is 0 Å². The van der Waals surface area contributed by atoms with Gasteiger partial charge < -0.3 is 15.5 Å². The molecule has 0 aromatic carbocycles. The van der Waals surface area contributed by atoms with Crippen LogP contribution < -0.4 is 10.6 Å². The molecule has 18 heavy (non-hydrogen) atoms. The van der Waals surface area contributed by atoms with Crippen LogP contribution in [0.15, 0.2) is 0 Å². The summed E-state index contributed by atoms with van der Waals surface area (Å²) in [6, 6.07) is 0.380. The lowest BCUT2D eigenvalue weighted by Crippen LogP contribution is -2.55. The fourth-order valence-corrected chi connectivity index (χ4v) is 2.71. The van der Waals surface area contributed by atoms with Crippen molar-refractivity contribution in [2.24, 2.45) is 0 Å². The molecular formula is C13H26N4O. The highest BCUT2D eigenvalue weighted by Crippen LogP contribution is 2.09. The molecule has 2 aliphatic heterocycles. The first kappa shape index (κ1) is 13.8. The molecule has 104 valence electrons. The summed E-state index contributed by atoms with van der Waals surface area (Å²) in [5.41, 5.74) is 0. The van der Waals surface area contributed by atoms with E-state index in [2.05, 4.69) is 27.5 Å². The summed E-state index contributed by atoms with van der Waals surface area (Å²) in [7, 11) is 2.14. The standard InChI is InChI=1S/C13H26N4O/c1-11(17-9-5-14-6-10-17)13(18)15-12-3-7-16(2)8-4-12/h11-12,14H,3-10H2,1-2H3,(H,15,18). The zero-order valence-electron chi connectivity index (χ0n) is 11.6. The van der Waals surface area contributed by atoms with E-state index in [4.69, 9.17) is 0 Å². The maximum absolute atomic E-state index is 12.2. The smallest absolute Gasteiger partial charge is 0.237 e. The molecule has 2 aliphatic rings. The quantitative estimate of drug-likeness (QED) is 0.712. The molecule has 1 atom stereocenters. The number of rotatable bonds is 3. The van der Waals surface area contributed by atoms with E-state index in [1.807, 2.05) is 6.92 Å². The van der Waals surface area contributed by atoms with E-state index in [0.717, 1.165) is 52.1 Å². The van der Waals surface area contributed by atoms with Gasteiger partial charge in [0.2, 0.25) is 5.91 Å². The average molecular weight is 254 g/mol. The van der Waals surface area contributed by atoms with Gasteiger partial charge in [-0.05, 0) is 39.9 Å². The van der Waals surface area contributed by atoms with Crippen LogP contribution in [0.25, 0.3) is 0 Å². The molecule has 1 amide bonds. The van der Waals surface area contributed by atoms with E-state index in [1.54, 1.807) is 0 Å². The molecule has 0 aromatic heterocycles. The number of piperazine rings is 1. The normalized spacial score (nSPS) is 25.9. The molecule has 2 N–H and O–H groups in total. The Morgan fingerprint density at radius 3 is 2.44 bits per heavy atom. The Labute approximate surface area is 110 Å². The fourth-order valence-electron chi connectivity index (χ4n) is 2.71. The minimum absolute atomic E-state index is 0.00626. The Morgan fingerprint density at radius 1 is 1.22 bits per heavy atom. The highest BCUT2D eigenvalue weighted by molar-refractivity contribution is 5.81. The molecule has 0 radical (unpaired) electrons. The third-order valence-electron chi connectivity index (χ3n) is 4.14. The number of amides is 1. The Morgan fingerprint density at radius 2 is 1.83 bits per heavy atom. The highest BCUT2D eigenvalue weighted by Gasteiger charge is 2.25. The van der Waals surface area contributed by atoms with Crippen LogP contribution >= 0.6 is 0 Å². The predicted octanol–water partition coefficient (Wildman–Crippen LogP) is -0.509. The van der Waals surface area contributed by atoms with Crippen molar-refractivity contribution in [3.8, 4) is 0 Å². The molecule has 2 saturated heterocycles. The fraction of sp³-hybridized carbons (Fsp3) is 0.923. The summed E-state index contributed by atoms with van der Waals surface area (Å²) >= 11 is 0. The molecule has 5 nitrogen and oxygen atoms in total. The van der Waals surface area contributed by atoms with E-state index < -0.39 is 0 Å². The molecule has 2 rings (SSSR count). The minimum atomic E-state index is 0.00626. The van der Waals surface area contributed by atoms with Gasteiger partial charge in [0.25, 0.3) is 0 Å². The van der Waals surface area contributed by atoms with Gasteiger partial charge in [-0.25, -0.2) is 0 Å². The van der Waals surface area contributed by atoms with Crippen LogP contribution in [0.3, 0.4) is 0 Å². The second-order valence-corrected chi connectivity index (χ2v) is 5.55. The molecular weight excluding hydrogens is 228 g/mol. The van der Waals surface area contributed by atoms with E-state index in [9.17, 15) is 4.79 Å². The first-order valence-corrected chi connectivity index (χ1v) is 7.10. The van der Waals surface area contributed by atoms with Crippen LogP contribution in [0.1, 0.15) is 19.8 Å². The number of nitrogens with zero attached hydrogens (tertiary/aromatic N) is 2. The minimum Gasteiger partial charge on any atom is -0.352 e. The Bertz CT molecular complexity index is 270. The first-order chi connectivity index (χ1) is 8.66. The third kappa shape index (κ3) is 3.67. The van der Waals surface area contributed by atoms with Gasteiger partial charge in [-0.1, -0.05) is 0 Å². The van der Waals surface area contributed by atoms with Crippen LogP contribution in [0, 0.1) is 0 Å². The van der Waals surface area contributed by atoms with Crippen molar-refractivity contribution in [3.05, 3.63) is 0 Å². The third-order valence-corrected chi connectivity index (χ3v) is 4.14. The Hall–Kier alpha value is -0.650. The van der Waals surface area contributed by atoms with Gasteiger partial charge in [-0.2, -0.15) is 0 Å². The number of piperidine rings is 1. The Kier molecular flexibility index (Phi) is 4.97. The SMILES string of the molecule is CC(C(=O)NC1CCN(C)CC1)N1CCNCC1. The highest BCUT2D eigenvalue weighted by atomic mass is 16.2. The lowest BCUT2D eigenvalue weighted by Gasteiger charge is -2.34. The number of carbonyl (C=O) groups excluding carboxylic acids is 1. The summed E-state index contributed by atoms with van der Waals surface area (Å²) in [6.07, 6.45) is 2.16. The number of hydrogen-bond acceptors (Lipinski definition) is 4. The van der Waals surface area contributed by atoms with Crippen LogP contribution in [-0.4, -0.2) is 74.1 Å². The van der Waals surface area contributed by atoms with Gasteiger partial charge >= 0.3 is 0 Å². The topological polar surface area (TPSA) is 47.6 Å². The average Bonchev–Trinajstić information content (AvgIpc) is 2.41. The van der Waals surface area contributed by atoms with Crippen molar-refractivity contribution in [1.82, 2.24) is 20.4 Å². The maximum Gasteiger partial charge on any atom is 0.237 e. The van der Waals surface area contributed by atoms with Gasteiger partial charge in [0.05, 0.1) is 6.04 Å². The predicted molar refractivity (Wildman–Crippen MR) is 72.6 cm³/mol. The van der Waals surface area contributed by atoms with Crippen LogP contribution in [-0.2, 0) is 4.79 Å². The van der Waals surface area contributed by atoms with Crippen molar-refractivity contribution in [3.63, 3.8) is 0 Å². The van der Waals surface area contributed by atoms with E-state index >= 15 is 0 Å². The monoisotopic (exact) mass is 254 g/mol. The van der Waals surface area contributed by atoms with Gasteiger partial charge in [0.1, 0.15) is 0 Å². The number of carbonyl (C=O) groups is 1. The molecule has 2 fully saturated rings. The van der Waals surface area contributed by atoms with Crippen LogP contribution in [0.2, 0.25) is 0 Å². The summed E-state index contributed by atoms with van der Waals surface area (Å²) in [5.74, 6) is 0.200. The molecule has 0 bridgehead atoms. The van der Waals surface area contributed by atoms with Crippen molar-refractivity contribution >= 4 is 5.91 Å². The second-order valence-electron chi connectivity index (χ2n) is 5.55. The van der Waals surface area contributed by atoms with Gasteiger partial charge in [0, 0.05) is 32.2 Å². The zero-order chi connectivity index (χ0) is 13.0. The van der Waals surface area contributed by atoms with Crippen molar-refractivity contribution in [1.29, 1.82) is 0 Å². The lowest BCUT2D eigenvalue weighted by atomic mass is 10.0. The summed E-state index contributed by atoms with van der Waals surface area (Å²) < 4.78 is 0. The number of likely N-dealkylation sites (tertiary alicyclic amines) is 1. The molecule has 0 aromatic rings. The number of nitrogens with one attached hydrogen (secondary N) is 2. The van der Waals surface area contributed by atoms with E-state index in [-0.39, 0.29) is 11.9 Å². The van der Waals surface area contributed by atoms with Gasteiger partial charge in [0.15, 0.2) is 0 Å². The lowest BCUT2D eigenvalue weighted by molar-refractivity contribution is -0.127. The van der Waals surface area contributed by atoms with Crippen LogP contribution in [0.4, 0.5) is 0 Å². The second kappa shape index (κ2) is 6.50. The Balaban J connectivity index is 1.76. The maximum atomic E-state index is 12.2. The molecule has 0 aliphatic carbocycles. The molecule has 1 unspecified atom stereocenters. The van der Waals surface area contributed by atoms with Crippen molar-refractivity contribution < 1.29 is 4.79 Å². The van der Waals surface area contributed by atoms with Crippen molar-refractivity contribution in [2.75, 3.05) is 46.3 Å². The van der Waals surface area contributed by atoms with Gasteiger partial charge in [-0.15, -0.1) is 0 Å². The van der Waals surface area contributed by atoms with E-state index in [0.29, 0.717) is 6.04 Å². The first-order valence-electron chi connectivity index (χ1n) is 7.10. The molecule has 0 spiro atoms. The van der Waals surface area contributed by atoms with Gasteiger partial charge in [-0.3, -0.25) is 9.69 Å². The van der Waals surface area contributed by atoms with Crippen LogP contribution in [0.5, 0.6) is 0 Å². The summed E-state index contributed by atoms with van der Waals surface area (Å²) in [4.78, 5) is 16.8. The largest absolute Gasteiger partial charge is 0.352 e. The summed E-state index contributed by atoms with van der Waals surface area (Å²) in [6.45, 7) is 8.14. The zero-order valence-corrected chi connectivity index (χ0v) is 11.6. The molecule has 2 heterocycles. The van der Waals surface area contributed by atoms with Crippen molar-refractivity contribution in [2.45, 2.75) is 31.8 Å². The molecule has 5 heteroatoms. The summed E-state index contributed by atoms with van der Waals surface area (Å²) in [5, 5.41) is 6.52. The molecule has 0 saturated carbocycles.